The van der Waals surface area contributed by atoms with Gasteiger partial charge in [0.1, 0.15) is 4.60 Å². The first-order valence-corrected chi connectivity index (χ1v) is 5.96. The maximum absolute atomic E-state index is 5.69. The second-order valence-corrected chi connectivity index (χ2v) is 4.81. The molecule has 4 heteroatoms. The van der Waals surface area contributed by atoms with E-state index >= 15 is 0 Å². The van der Waals surface area contributed by atoms with Crippen molar-refractivity contribution in [2.45, 2.75) is 26.1 Å². The van der Waals surface area contributed by atoms with Crippen molar-refractivity contribution in [3.63, 3.8) is 0 Å². The molecule has 2 rings (SSSR count). The van der Waals surface area contributed by atoms with Crippen LogP contribution in [0.3, 0.4) is 0 Å². The molecule has 1 aliphatic rings. The Morgan fingerprint density at radius 3 is 2.53 bits per heavy atom. The number of anilines is 1. The summed E-state index contributed by atoms with van der Waals surface area (Å²) in [6, 6.07) is 4.06. The highest BCUT2D eigenvalue weighted by Crippen LogP contribution is 2.20. The Labute approximate surface area is 98.6 Å². The van der Waals surface area contributed by atoms with Crippen LogP contribution in [0.15, 0.2) is 22.9 Å². The molecule has 15 heavy (non-hydrogen) atoms. The number of morpholine rings is 1. The molecule has 0 N–H and O–H groups in total. The van der Waals surface area contributed by atoms with E-state index in [2.05, 4.69) is 45.7 Å². The third-order valence-corrected chi connectivity index (χ3v) is 2.97. The van der Waals surface area contributed by atoms with Gasteiger partial charge in [-0.15, -0.1) is 0 Å². The third kappa shape index (κ3) is 2.69. The van der Waals surface area contributed by atoms with Crippen LogP contribution in [0, 0.1) is 0 Å². The number of ether oxygens (including phenoxy) is 1. The lowest BCUT2D eigenvalue weighted by atomic mass is 10.2. The van der Waals surface area contributed by atoms with Crippen molar-refractivity contribution in [1.82, 2.24) is 4.98 Å². The topological polar surface area (TPSA) is 25.4 Å². The number of aromatic nitrogens is 1. The van der Waals surface area contributed by atoms with Crippen LogP contribution < -0.4 is 4.90 Å². The van der Waals surface area contributed by atoms with Gasteiger partial charge < -0.3 is 9.64 Å². The fourth-order valence-corrected chi connectivity index (χ4v) is 2.18. The largest absolute Gasteiger partial charge is 0.372 e. The van der Waals surface area contributed by atoms with E-state index in [-0.39, 0.29) is 12.2 Å². The Balaban J connectivity index is 2.12. The minimum atomic E-state index is 0.289. The van der Waals surface area contributed by atoms with E-state index in [1.165, 1.54) is 5.69 Å². The normalized spacial score (nSPS) is 26.7. The van der Waals surface area contributed by atoms with Gasteiger partial charge in [0.25, 0.3) is 0 Å². The predicted octanol–water partition coefficient (Wildman–Crippen LogP) is 2.46. The van der Waals surface area contributed by atoms with E-state index in [9.17, 15) is 0 Å². The Morgan fingerprint density at radius 1 is 1.33 bits per heavy atom. The zero-order valence-corrected chi connectivity index (χ0v) is 10.6. The van der Waals surface area contributed by atoms with Gasteiger partial charge in [0, 0.05) is 13.1 Å². The number of pyridine rings is 1. The van der Waals surface area contributed by atoms with Crippen LogP contribution in [0.5, 0.6) is 0 Å². The Bertz CT molecular complexity index is 318. The molecule has 1 aromatic heterocycles. The molecular weight excluding hydrogens is 256 g/mol. The molecule has 2 atom stereocenters. The summed E-state index contributed by atoms with van der Waals surface area (Å²) in [5, 5.41) is 0. The molecule has 1 aliphatic heterocycles. The van der Waals surface area contributed by atoms with Gasteiger partial charge in [-0.1, -0.05) is 0 Å². The summed E-state index contributed by atoms with van der Waals surface area (Å²) in [6.07, 6.45) is 2.48. The smallest absolute Gasteiger partial charge is 0.106 e. The van der Waals surface area contributed by atoms with E-state index in [4.69, 9.17) is 4.74 Å². The lowest BCUT2D eigenvalue weighted by Gasteiger charge is -2.36. The van der Waals surface area contributed by atoms with Crippen molar-refractivity contribution in [2.24, 2.45) is 0 Å². The van der Waals surface area contributed by atoms with Crippen molar-refractivity contribution in [3.8, 4) is 0 Å². The first kappa shape index (κ1) is 10.9. The highest BCUT2D eigenvalue weighted by Gasteiger charge is 2.22. The lowest BCUT2D eigenvalue weighted by molar-refractivity contribution is -0.00523. The number of rotatable bonds is 1. The van der Waals surface area contributed by atoms with Crippen LogP contribution in [0.25, 0.3) is 0 Å². The minimum Gasteiger partial charge on any atom is -0.372 e. The first-order chi connectivity index (χ1) is 7.15. The van der Waals surface area contributed by atoms with Crippen LogP contribution in [0.1, 0.15) is 13.8 Å². The predicted molar refractivity (Wildman–Crippen MR) is 64.2 cm³/mol. The molecule has 3 nitrogen and oxygen atoms in total. The Morgan fingerprint density at radius 2 is 2.00 bits per heavy atom. The minimum absolute atomic E-state index is 0.289. The molecule has 0 aromatic carbocycles. The molecule has 0 spiro atoms. The van der Waals surface area contributed by atoms with E-state index in [1.54, 1.807) is 0 Å². The molecule has 0 radical (unpaired) electrons. The zero-order valence-electron chi connectivity index (χ0n) is 8.98. The molecule has 1 saturated heterocycles. The van der Waals surface area contributed by atoms with E-state index in [1.807, 2.05) is 12.3 Å². The summed E-state index contributed by atoms with van der Waals surface area (Å²) in [5.41, 5.74) is 1.17. The SMILES string of the molecule is C[C@@H]1CN(c2ccc(Br)nc2)C[C@H](C)O1. The van der Waals surface area contributed by atoms with Gasteiger partial charge >= 0.3 is 0 Å². The summed E-state index contributed by atoms with van der Waals surface area (Å²) < 4.78 is 6.57. The first-order valence-electron chi connectivity index (χ1n) is 5.17. The summed E-state index contributed by atoms with van der Waals surface area (Å²) in [4.78, 5) is 6.56. The average Bonchev–Trinajstić information content (AvgIpc) is 2.17. The standard InChI is InChI=1S/C11H15BrN2O/c1-8-6-14(7-9(2)15-8)10-3-4-11(12)13-5-10/h3-5,8-9H,6-7H2,1-2H3/t8-,9+. The van der Waals surface area contributed by atoms with Gasteiger partial charge in [-0.3, -0.25) is 0 Å². The lowest BCUT2D eigenvalue weighted by Crippen LogP contribution is -2.45. The number of nitrogens with zero attached hydrogens (tertiary/aromatic N) is 2. The summed E-state index contributed by atoms with van der Waals surface area (Å²) in [7, 11) is 0. The van der Waals surface area contributed by atoms with Crippen LogP contribution in [-0.4, -0.2) is 30.3 Å². The third-order valence-electron chi connectivity index (χ3n) is 2.50. The van der Waals surface area contributed by atoms with Crippen LogP contribution in [-0.2, 0) is 4.74 Å². The monoisotopic (exact) mass is 270 g/mol. The maximum atomic E-state index is 5.69. The maximum Gasteiger partial charge on any atom is 0.106 e. The van der Waals surface area contributed by atoms with Crippen LogP contribution in [0.4, 0.5) is 5.69 Å². The molecule has 1 fully saturated rings. The van der Waals surface area contributed by atoms with Crippen LogP contribution in [0.2, 0.25) is 0 Å². The molecular formula is C11H15BrN2O. The second kappa shape index (κ2) is 4.49. The molecule has 0 aliphatic carbocycles. The molecule has 0 amide bonds. The summed E-state index contributed by atoms with van der Waals surface area (Å²) in [6.45, 7) is 6.09. The fraction of sp³-hybridized carbons (Fsp3) is 0.545. The van der Waals surface area contributed by atoms with Gasteiger partial charge in [-0.2, -0.15) is 0 Å². The number of hydrogen-bond acceptors (Lipinski definition) is 3. The zero-order chi connectivity index (χ0) is 10.8. The fourth-order valence-electron chi connectivity index (χ4n) is 1.94. The molecule has 1 aromatic rings. The van der Waals surface area contributed by atoms with E-state index in [0.717, 1.165) is 17.7 Å². The molecule has 0 saturated carbocycles. The van der Waals surface area contributed by atoms with Crippen molar-refractivity contribution in [1.29, 1.82) is 0 Å². The van der Waals surface area contributed by atoms with Crippen LogP contribution >= 0.6 is 15.9 Å². The highest BCUT2D eigenvalue weighted by molar-refractivity contribution is 9.10. The molecule has 82 valence electrons. The second-order valence-electron chi connectivity index (χ2n) is 4.00. The van der Waals surface area contributed by atoms with Crippen molar-refractivity contribution in [3.05, 3.63) is 22.9 Å². The van der Waals surface area contributed by atoms with Gasteiger partial charge in [-0.05, 0) is 41.9 Å². The Hall–Kier alpha value is -0.610. The van der Waals surface area contributed by atoms with Crippen molar-refractivity contribution in [2.75, 3.05) is 18.0 Å². The van der Waals surface area contributed by atoms with Crippen molar-refractivity contribution < 1.29 is 4.74 Å². The quantitative estimate of drug-likeness (QED) is 0.734. The van der Waals surface area contributed by atoms with Gasteiger partial charge in [0.15, 0.2) is 0 Å². The van der Waals surface area contributed by atoms with E-state index < -0.39 is 0 Å². The Kier molecular flexibility index (Phi) is 3.26. The number of halogens is 1. The van der Waals surface area contributed by atoms with Gasteiger partial charge in [0.05, 0.1) is 24.1 Å². The van der Waals surface area contributed by atoms with Gasteiger partial charge in [-0.25, -0.2) is 4.98 Å². The average molecular weight is 271 g/mol. The number of hydrogen-bond donors (Lipinski definition) is 0. The molecule has 0 unspecified atom stereocenters. The van der Waals surface area contributed by atoms with Crippen molar-refractivity contribution >= 4 is 21.6 Å². The highest BCUT2D eigenvalue weighted by atomic mass is 79.9. The molecule has 2 heterocycles. The summed E-state index contributed by atoms with van der Waals surface area (Å²) >= 11 is 3.34. The molecule has 0 bridgehead atoms. The van der Waals surface area contributed by atoms with Gasteiger partial charge in [0.2, 0.25) is 0 Å². The summed E-state index contributed by atoms with van der Waals surface area (Å²) in [5.74, 6) is 0. The van der Waals surface area contributed by atoms with E-state index in [0.29, 0.717) is 0 Å².